The van der Waals surface area contributed by atoms with Crippen LogP contribution >= 0.6 is 7.92 Å². The van der Waals surface area contributed by atoms with E-state index in [0.29, 0.717) is 29.6 Å². The lowest BCUT2D eigenvalue weighted by Crippen LogP contribution is -2.28. The van der Waals surface area contributed by atoms with Gasteiger partial charge in [0.15, 0.2) is 0 Å². The highest BCUT2D eigenvalue weighted by atomic mass is 32.2. The van der Waals surface area contributed by atoms with Gasteiger partial charge in [0.05, 0.1) is 18.5 Å². The van der Waals surface area contributed by atoms with Crippen LogP contribution in [0, 0.1) is 18.8 Å². The molecule has 0 saturated heterocycles. The molecule has 2 fully saturated rings. The van der Waals surface area contributed by atoms with Crippen LogP contribution in [0.25, 0.3) is 55.9 Å². The van der Waals surface area contributed by atoms with Gasteiger partial charge in [-0.1, -0.05) is 195 Å². The smallest absolute Gasteiger partial charge is 0.496 e. The molecule has 0 atom stereocenters. The Hall–Kier alpha value is -6.63. The molecule has 2 aliphatic carbocycles. The van der Waals surface area contributed by atoms with Crippen LogP contribution in [0.4, 0.5) is 13.2 Å². The van der Waals surface area contributed by atoms with Gasteiger partial charge in [-0.3, -0.25) is 9.97 Å². The van der Waals surface area contributed by atoms with Crippen LogP contribution in [-0.4, -0.2) is 61.6 Å². The number of aryl methyl sites for hydroxylation is 1. The van der Waals surface area contributed by atoms with Gasteiger partial charge in [-0.2, -0.15) is 21.6 Å². The highest BCUT2D eigenvalue weighted by Crippen LogP contribution is 2.56. The number of halogens is 3. The zero-order chi connectivity index (χ0) is 59.2. The highest BCUT2D eigenvalue weighted by molar-refractivity contribution is 7.88. The van der Waals surface area contributed by atoms with Crippen molar-refractivity contribution in [3.05, 3.63) is 199 Å². The monoisotopic (exact) mass is 1160 g/mol. The zero-order valence-corrected chi connectivity index (χ0v) is 50.4. The molecule has 83 heavy (non-hydrogen) atoms. The minimum Gasteiger partial charge on any atom is -0.496 e. The van der Waals surface area contributed by atoms with Gasteiger partial charge >= 0.3 is 23.3 Å². The lowest BCUT2D eigenvalue weighted by Gasteiger charge is -2.39. The van der Waals surface area contributed by atoms with E-state index in [1.54, 1.807) is 41.8 Å². The molecule has 0 spiro atoms. The minimum atomic E-state index is -5.71. The Morgan fingerprint density at radius 1 is 0.590 bits per heavy atom. The Balaban J connectivity index is 0.000000170. The van der Waals surface area contributed by atoms with Crippen LogP contribution in [0.3, 0.4) is 0 Å². The lowest BCUT2D eigenvalue weighted by molar-refractivity contribution is -0.0500. The summed E-state index contributed by atoms with van der Waals surface area (Å²) >= 11 is 0. The Bertz CT molecular complexity index is 3340. The number of rotatable bonds is 16. The molecular formula is C69H78BF3N2O6PS. The molecule has 0 aliphatic heterocycles. The molecule has 2 saturated carbocycles. The van der Waals surface area contributed by atoms with Crippen molar-refractivity contribution in [2.24, 2.45) is 11.8 Å². The van der Waals surface area contributed by atoms with Crippen molar-refractivity contribution in [2.75, 3.05) is 13.7 Å². The first kappa shape index (κ1) is 63.9. The van der Waals surface area contributed by atoms with Crippen molar-refractivity contribution in [2.45, 2.75) is 122 Å². The number of alkyl halides is 3. The summed E-state index contributed by atoms with van der Waals surface area (Å²) in [7, 11) is -3.30. The van der Waals surface area contributed by atoms with Gasteiger partial charge in [0.2, 0.25) is 0 Å². The zero-order valence-electron chi connectivity index (χ0n) is 48.6. The third-order valence-electron chi connectivity index (χ3n) is 14.6. The summed E-state index contributed by atoms with van der Waals surface area (Å²) in [4.78, 5) is 8.69. The molecule has 6 aromatic carbocycles. The topological polar surface area (TPSA) is 108 Å². The highest BCUT2D eigenvalue weighted by Gasteiger charge is 2.48. The van der Waals surface area contributed by atoms with Crippen molar-refractivity contribution in [3.8, 4) is 67.4 Å². The summed E-state index contributed by atoms with van der Waals surface area (Å²) in [6.45, 7) is 11.4. The summed E-state index contributed by atoms with van der Waals surface area (Å²) in [6.07, 6.45) is 19.0. The minimum absolute atomic E-state index is 0.122. The average molecular weight is 1160 g/mol. The average Bonchev–Trinajstić information content (AvgIpc) is 3.69. The van der Waals surface area contributed by atoms with Crippen molar-refractivity contribution < 1.29 is 40.2 Å². The van der Waals surface area contributed by atoms with E-state index in [0.717, 1.165) is 59.8 Å². The molecule has 2 aliphatic rings. The van der Waals surface area contributed by atoms with E-state index in [9.17, 15) is 21.6 Å². The van der Waals surface area contributed by atoms with Crippen LogP contribution in [-0.2, 0) is 21.2 Å². The molecule has 1 N–H and O–H groups in total. The fourth-order valence-corrected chi connectivity index (χ4v) is 15.1. The number of aromatic nitrogens is 2. The molecule has 10 rings (SSSR count). The maximum atomic E-state index is 12.5. The SMILES string of the molecule is CC(C)CO[B]O.CC(C)Cc1cccc(-c2cccc(-c3ccccn3)c2)c1.COc1cccc(C)c1-c1ccccc1P(C1CCCCC1)C1CCCCC1.O=S(=O)(Oc1cccc(-c2cccc(-c3ccccn3)c2)c1)C(F)(F)F. The molecule has 0 amide bonds. The molecule has 435 valence electrons. The van der Waals surface area contributed by atoms with E-state index >= 15 is 0 Å². The largest absolute Gasteiger partial charge is 0.534 e. The molecule has 8 aromatic rings. The Kier molecular flexibility index (Phi) is 24.6. The lowest BCUT2D eigenvalue weighted by atomic mass is 9.96. The third-order valence-corrected chi connectivity index (χ3v) is 19.1. The maximum Gasteiger partial charge on any atom is 0.534 e. The molecule has 2 aromatic heterocycles. The number of hydrogen-bond donors (Lipinski definition) is 1. The van der Waals surface area contributed by atoms with Gasteiger partial charge < -0.3 is 18.6 Å². The van der Waals surface area contributed by atoms with E-state index in [1.807, 2.05) is 63.6 Å². The third kappa shape index (κ3) is 18.9. The Labute approximate surface area is 493 Å². The van der Waals surface area contributed by atoms with Gasteiger partial charge in [0.25, 0.3) is 0 Å². The molecule has 0 unspecified atom stereocenters. The summed E-state index contributed by atoms with van der Waals surface area (Å²) < 4.78 is 74.2. The molecule has 2 heterocycles. The second-order valence-corrected chi connectivity index (χ2v) is 26.2. The molecular weight excluding hydrogens is 1080 g/mol. The normalized spacial score (nSPS) is 13.9. The quantitative estimate of drug-likeness (QED) is 0.0441. The first-order chi connectivity index (χ1) is 40.0. The van der Waals surface area contributed by atoms with Gasteiger partial charge in [0.1, 0.15) is 11.5 Å². The van der Waals surface area contributed by atoms with Gasteiger partial charge in [-0.15, -0.1) is 0 Å². The van der Waals surface area contributed by atoms with E-state index < -0.39 is 21.4 Å². The summed E-state index contributed by atoms with van der Waals surface area (Å²) in [5.74, 6) is 1.77. The first-order valence-electron chi connectivity index (χ1n) is 28.9. The van der Waals surface area contributed by atoms with Crippen molar-refractivity contribution in [1.82, 2.24) is 9.97 Å². The van der Waals surface area contributed by atoms with Crippen molar-refractivity contribution >= 4 is 31.0 Å². The van der Waals surface area contributed by atoms with E-state index in [1.165, 1.54) is 110 Å². The van der Waals surface area contributed by atoms with Crippen LogP contribution in [0.5, 0.6) is 11.5 Å². The van der Waals surface area contributed by atoms with Gasteiger partial charge in [-0.25, -0.2) is 0 Å². The van der Waals surface area contributed by atoms with E-state index in [4.69, 9.17) is 9.76 Å². The van der Waals surface area contributed by atoms with Crippen LogP contribution in [0.15, 0.2) is 188 Å². The van der Waals surface area contributed by atoms with Crippen LogP contribution in [0.1, 0.15) is 103 Å². The van der Waals surface area contributed by atoms with Crippen molar-refractivity contribution in [1.29, 1.82) is 0 Å². The molecule has 8 nitrogen and oxygen atoms in total. The Morgan fingerprint density at radius 3 is 1.58 bits per heavy atom. The van der Waals surface area contributed by atoms with E-state index in [-0.39, 0.29) is 7.92 Å². The maximum absolute atomic E-state index is 12.5. The first-order valence-corrected chi connectivity index (χ1v) is 31.8. The van der Waals surface area contributed by atoms with Crippen LogP contribution in [0.2, 0.25) is 0 Å². The predicted octanol–water partition coefficient (Wildman–Crippen LogP) is 17.9. The summed E-state index contributed by atoms with van der Waals surface area (Å²) in [5.41, 5.74) is 9.29. The standard InChI is InChI=1S/C26H35OP.C21H21N.C18H12F3NO3S.C4H10BO2/c1-20-12-11-18-24(27-2)26(20)23-17-9-10-19-25(23)28(21-13-5-3-6-14-21)22-15-7-4-8-16-22;1-16(2)13-17-7-5-8-18(14-17)19-9-6-10-20(15-19)21-11-3-4-12-22-21;19-18(20,21)26(23,24)25-16-8-4-6-14(12-16)13-5-3-7-15(11-13)17-9-1-2-10-22-17;1-4(2)3-7-5-6/h9-12,17-19,21-22H,3-8,13-16H2,1-2H3;3-12,14-16H,13H2,1-2H3;1-12H;4,6H,3H2,1-2H3. The van der Waals surface area contributed by atoms with Gasteiger partial charge in [-0.05, 0) is 161 Å². The fourth-order valence-electron chi connectivity index (χ4n) is 10.7. The number of benzene rings is 6. The number of ether oxygens (including phenoxy) is 1. The van der Waals surface area contributed by atoms with Crippen molar-refractivity contribution in [3.63, 3.8) is 0 Å². The Morgan fingerprint density at radius 2 is 1.08 bits per heavy atom. The number of methoxy groups -OCH3 is 1. The van der Waals surface area contributed by atoms with E-state index in [2.05, 4.69) is 131 Å². The second-order valence-electron chi connectivity index (χ2n) is 21.9. The van der Waals surface area contributed by atoms with Crippen LogP contribution < -0.4 is 14.2 Å². The molecule has 14 heteroatoms. The number of nitrogens with zero attached hydrogens (tertiary/aromatic N) is 2. The molecule has 1 radical (unpaired) electrons. The second kappa shape index (κ2) is 31.9. The number of pyridine rings is 2. The predicted molar refractivity (Wildman–Crippen MR) is 337 cm³/mol. The summed E-state index contributed by atoms with van der Waals surface area (Å²) in [6, 6.07) is 57.4. The molecule has 0 bridgehead atoms. The fraction of sp³-hybridized carbons (Fsp3) is 0.333. The van der Waals surface area contributed by atoms with Gasteiger partial charge in [0, 0.05) is 35.7 Å². The number of hydrogen-bond acceptors (Lipinski definition) is 8. The summed E-state index contributed by atoms with van der Waals surface area (Å²) in [5, 5.41) is 9.62.